The molecule has 43 heavy (non-hydrogen) atoms. The largest absolute Gasteiger partial charge is 0.362 e. The first kappa shape index (κ1) is 31.0. The zero-order valence-electron chi connectivity index (χ0n) is 24.8. The number of Topliss-reactive ketones (excluding diaryl/α,β-unsaturated/α-hetero) is 1. The summed E-state index contributed by atoms with van der Waals surface area (Å²) in [5.74, 6) is 1.83. The first-order valence-corrected chi connectivity index (χ1v) is 16.4. The van der Waals surface area contributed by atoms with Crippen LogP contribution in [0.1, 0.15) is 48.0 Å². The molecule has 1 fully saturated rings. The van der Waals surface area contributed by atoms with Crippen molar-refractivity contribution in [3.8, 4) is 0 Å². The highest BCUT2D eigenvalue weighted by Gasteiger charge is 2.27. The second kappa shape index (κ2) is 14.4. The van der Waals surface area contributed by atoms with Crippen LogP contribution in [0.25, 0.3) is 10.9 Å². The number of nitrogens with one attached hydrogen (secondary N) is 2. The van der Waals surface area contributed by atoms with Gasteiger partial charge in [-0.15, -0.1) is 11.8 Å². The maximum Gasteiger partial charge on any atom is 0.233 e. The van der Waals surface area contributed by atoms with Gasteiger partial charge in [-0.2, -0.15) is 4.98 Å². The molecule has 1 aliphatic carbocycles. The third-order valence-electron chi connectivity index (χ3n) is 7.85. The second-order valence-corrected chi connectivity index (χ2v) is 13.6. The Labute approximate surface area is 266 Å². The first-order chi connectivity index (χ1) is 20.7. The van der Waals surface area contributed by atoms with E-state index in [-0.39, 0.29) is 24.2 Å². The van der Waals surface area contributed by atoms with Crippen molar-refractivity contribution in [1.82, 2.24) is 15.3 Å². The number of ketones is 1. The van der Waals surface area contributed by atoms with Gasteiger partial charge in [-0.05, 0) is 74.9 Å². The number of carbonyl (C=O) groups is 2. The predicted octanol–water partition coefficient (Wildman–Crippen LogP) is 7.29. The molecule has 1 aromatic heterocycles. The highest BCUT2D eigenvalue weighted by atomic mass is 79.9. The van der Waals surface area contributed by atoms with E-state index in [0.29, 0.717) is 24.0 Å². The quantitative estimate of drug-likeness (QED) is 0.129. The Hall–Kier alpha value is -3.43. The first-order valence-electron chi connectivity index (χ1n) is 14.8. The Morgan fingerprint density at radius 3 is 2.44 bits per heavy atom. The van der Waals surface area contributed by atoms with E-state index in [0.717, 1.165) is 57.3 Å². The molecule has 1 unspecified atom stereocenters. The van der Waals surface area contributed by atoms with Gasteiger partial charge in [-0.25, -0.2) is 4.98 Å². The van der Waals surface area contributed by atoms with Crippen LogP contribution in [0.3, 0.4) is 0 Å². The second-order valence-electron chi connectivity index (χ2n) is 11.4. The van der Waals surface area contributed by atoms with E-state index in [4.69, 9.17) is 9.97 Å². The molecule has 224 valence electrons. The summed E-state index contributed by atoms with van der Waals surface area (Å²) < 4.78 is 0.917. The fourth-order valence-electron chi connectivity index (χ4n) is 5.48. The van der Waals surface area contributed by atoms with E-state index < -0.39 is 5.25 Å². The molecule has 1 atom stereocenters. The van der Waals surface area contributed by atoms with E-state index in [9.17, 15) is 9.59 Å². The van der Waals surface area contributed by atoms with Crippen molar-refractivity contribution in [2.75, 3.05) is 30.9 Å². The average molecular weight is 661 g/mol. The minimum atomic E-state index is -0.508. The number of hydrogen-bond donors (Lipinski definition) is 2. The Balaban J connectivity index is 1.17. The maximum absolute atomic E-state index is 13.5. The normalized spacial score (nSPS) is 17.3. The minimum Gasteiger partial charge on any atom is -0.362 e. The van der Waals surface area contributed by atoms with E-state index in [1.54, 1.807) is 12.1 Å². The highest BCUT2D eigenvalue weighted by Crippen LogP contribution is 2.30. The van der Waals surface area contributed by atoms with Crippen LogP contribution in [-0.4, -0.2) is 53.6 Å². The lowest BCUT2D eigenvalue weighted by Gasteiger charge is -2.30. The van der Waals surface area contributed by atoms with Crippen molar-refractivity contribution in [2.45, 2.75) is 55.2 Å². The van der Waals surface area contributed by atoms with Crippen LogP contribution in [-0.2, 0) is 4.79 Å². The third kappa shape index (κ3) is 8.36. The number of aryl methyl sites for hydroxylation is 1. The van der Waals surface area contributed by atoms with Gasteiger partial charge in [0.2, 0.25) is 11.9 Å². The van der Waals surface area contributed by atoms with Crippen molar-refractivity contribution >= 4 is 62.1 Å². The lowest BCUT2D eigenvalue weighted by atomic mass is 9.86. The smallest absolute Gasteiger partial charge is 0.233 e. The van der Waals surface area contributed by atoms with Gasteiger partial charge in [0.1, 0.15) is 5.82 Å². The molecule has 0 spiro atoms. The van der Waals surface area contributed by atoms with Crippen molar-refractivity contribution in [3.05, 3.63) is 88.4 Å². The molecule has 7 nitrogen and oxygen atoms in total. The Bertz CT molecular complexity index is 1570. The molecule has 1 amide bonds. The molecule has 4 aromatic rings. The molecule has 3 aromatic carbocycles. The van der Waals surface area contributed by atoms with Crippen LogP contribution in [0.15, 0.2) is 82.2 Å². The summed E-state index contributed by atoms with van der Waals surface area (Å²) in [7, 11) is 4.00. The van der Waals surface area contributed by atoms with Crippen LogP contribution in [0.5, 0.6) is 0 Å². The zero-order chi connectivity index (χ0) is 30.3. The molecule has 0 bridgehead atoms. The average Bonchev–Trinajstić information content (AvgIpc) is 3.00. The molecule has 0 aliphatic heterocycles. The lowest BCUT2D eigenvalue weighted by molar-refractivity contribution is -0.120. The third-order valence-corrected chi connectivity index (χ3v) is 9.57. The van der Waals surface area contributed by atoms with Crippen molar-refractivity contribution in [2.24, 2.45) is 5.92 Å². The number of carbonyl (C=O) groups excluding carboxylic acids is 2. The number of anilines is 2. The van der Waals surface area contributed by atoms with Crippen molar-refractivity contribution in [3.63, 3.8) is 0 Å². The van der Waals surface area contributed by atoms with Gasteiger partial charge >= 0.3 is 0 Å². The predicted molar refractivity (Wildman–Crippen MR) is 180 cm³/mol. The molecular formula is C34H38BrN5O2S. The van der Waals surface area contributed by atoms with Gasteiger partial charge < -0.3 is 15.5 Å². The van der Waals surface area contributed by atoms with Gasteiger partial charge in [-0.1, -0.05) is 57.9 Å². The number of halogens is 1. The Morgan fingerprint density at radius 1 is 0.977 bits per heavy atom. The fourth-order valence-corrected chi connectivity index (χ4v) is 6.91. The monoisotopic (exact) mass is 659 g/mol. The molecule has 1 saturated carbocycles. The molecule has 0 saturated heterocycles. The molecule has 1 heterocycles. The Kier molecular flexibility index (Phi) is 10.4. The number of para-hydroxylation sites is 1. The van der Waals surface area contributed by atoms with Gasteiger partial charge in [0.05, 0.1) is 10.8 Å². The molecular weight excluding hydrogens is 622 g/mol. The van der Waals surface area contributed by atoms with Crippen LogP contribution in [0.2, 0.25) is 0 Å². The van der Waals surface area contributed by atoms with E-state index >= 15 is 0 Å². The summed E-state index contributed by atoms with van der Waals surface area (Å²) in [5.41, 5.74) is 2.67. The van der Waals surface area contributed by atoms with Gasteiger partial charge in [0.25, 0.3) is 0 Å². The topological polar surface area (TPSA) is 87.2 Å². The molecule has 9 heteroatoms. The van der Waals surface area contributed by atoms with Crippen LogP contribution >= 0.6 is 27.7 Å². The standard InChI is InChI=1S/C34H38BrN5O2S/c1-22-7-6-8-27(19-22)43-31(20-30(41)24-13-15-25(35)16-14-24)33(42)36-21-23-11-17-26(18-12-23)37-34-38-29-10-5-4-9-28(29)32(39-34)40(2)3/h4-10,13-16,19,23,26,31H,11-12,17-18,20-21H2,1-3H3,(H,36,42)(H,37,38,39). The lowest BCUT2D eigenvalue weighted by Crippen LogP contribution is -2.39. The van der Waals surface area contributed by atoms with E-state index in [1.807, 2.05) is 74.4 Å². The molecule has 2 N–H and O–H groups in total. The number of thioether (sulfide) groups is 1. The number of nitrogens with zero attached hydrogens (tertiary/aromatic N) is 3. The van der Waals surface area contributed by atoms with Crippen molar-refractivity contribution < 1.29 is 9.59 Å². The number of amides is 1. The summed E-state index contributed by atoms with van der Waals surface area (Å²) in [6, 6.07) is 23.8. The summed E-state index contributed by atoms with van der Waals surface area (Å²) in [5, 5.41) is 7.28. The highest BCUT2D eigenvalue weighted by molar-refractivity contribution is 9.10. The Morgan fingerprint density at radius 2 is 1.72 bits per heavy atom. The van der Waals surface area contributed by atoms with Crippen LogP contribution in [0.4, 0.5) is 11.8 Å². The van der Waals surface area contributed by atoms with Gasteiger partial charge in [-0.3, -0.25) is 9.59 Å². The molecule has 5 rings (SSSR count). The SMILES string of the molecule is Cc1cccc(SC(CC(=O)c2ccc(Br)cc2)C(=O)NCC2CCC(Nc3nc(N(C)C)c4ccccc4n3)CC2)c1. The van der Waals surface area contributed by atoms with Gasteiger partial charge in [0.15, 0.2) is 5.78 Å². The van der Waals surface area contributed by atoms with Crippen LogP contribution < -0.4 is 15.5 Å². The maximum atomic E-state index is 13.5. The van der Waals surface area contributed by atoms with Gasteiger partial charge in [0, 0.05) is 53.4 Å². The number of hydrogen-bond acceptors (Lipinski definition) is 7. The van der Waals surface area contributed by atoms with E-state index in [1.165, 1.54) is 11.8 Å². The minimum absolute atomic E-state index is 0.0345. The number of rotatable bonds is 11. The number of benzene rings is 3. The zero-order valence-corrected chi connectivity index (χ0v) is 27.2. The van der Waals surface area contributed by atoms with Crippen LogP contribution in [0, 0.1) is 12.8 Å². The number of aromatic nitrogens is 2. The number of fused-ring (bicyclic) bond motifs is 1. The summed E-state index contributed by atoms with van der Waals surface area (Å²) in [4.78, 5) is 39.2. The van der Waals surface area contributed by atoms with Crippen molar-refractivity contribution in [1.29, 1.82) is 0 Å². The summed E-state index contributed by atoms with van der Waals surface area (Å²) in [6.07, 6.45) is 4.11. The van der Waals surface area contributed by atoms with E-state index in [2.05, 4.69) is 38.7 Å². The summed E-state index contributed by atoms with van der Waals surface area (Å²) in [6.45, 7) is 2.64. The summed E-state index contributed by atoms with van der Waals surface area (Å²) >= 11 is 4.88. The molecule has 0 radical (unpaired) electrons. The fraction of sp³-hybridized carbons (Fsp3) is 0.353. The molecule has 1 aliphatic rings.